The van der Waals surface area contributed by atoms with Gasteiger partial charge in [-0.05, 0) is 6.07 Å². The molecule has 5 nitrogen and oxygen atoms in total. The molecule has 0 bridgehead atoms. The summed E-state index contributed by atoms with van der Waals surface area (Å²) in [6.45, 7) is 0. The van der Waals surface area contributed by atoms with Crippen molar-refractivity contribution in [2.45, 2.75) is 0 Å². The summed E-state index contributed by atoms with van der Waals surface area (Å²) in [4.78, 5) is 10.6. The van der Waals surface area contributed by atoms with Crippen molar-refractivity contribution in [1.82, 2.24) is 5.16 Å². The second-order valence-electron chi connectivity index (χ2n) is 3.35. The fourth-order valence-electron chi connectivity index (χ4n) is 1.45. The molecule has 1 aromatic carbocycles. The Balaban J connectivity index is 2.58. The van der Waals surface area contributed by atoms with Crippen LogP contribution in [0.25, 0.3) is 11.3 Å². The van der Waals surface area contributed by atoms with Gasteiger partial charge in [-0.1, -0.05) is 5.16 Å². The van der Waals surface area contributed by atoms with E-state index in [9.17, 15) is 13.6 Å². The van der Waals surface area contributed by atoms with Gasteiger partial charge < -0.3 is 14.4 Å². The maximum absolute atomic E-state index is 13.4. The third kappa shape index (κ3) is 2.02. The van der Waals surface area contributed by atoms with Crippen LogP contribution in [0.3, 0.4) is 0 Å². The van der Waals surface area contributed by atoms with Crippen LogP contribution in [0.5, 0.6) is 5.75 Å². The van der Waals surface area contributed by atoms with E-state index in [0.717, 1.165) is 12.1 Å². The summed E-state index contributed by atoms with van der Waals surface area (Å²) < 4.78 is 36.0. The molecule has 1 N–H and O–H groups in total. The summed E-state index contributed by atoms with van der Waals surface area (Å²) in [5, 5.41) is 11.9. The van der Waals surface area contributed by atoms with Crippen LogP contribution in [0.1, 0.15) is 10.5 Å². The van der Waals surface area contributed by atoms with Crippen LogP contribution in [0, 0.1) is 11.6 Å². The summed E-state index contributed by atoms with van der Waals surface area (Å²) in [6.07, 6.45) is 0. The molecule has 0 aliphatic carbocycles. The van der Waals surface area contributed by atoms with E-state index < -0.39 is 17.6 Å². The number of carboxylic acids is 1. The maximum Gasteiger partial charge on any atom is 0.358 e. The van der Waals surface area contributed by atoms with E-state index in [0.29, 0.717) is 6.07 Å². The molecule has 94 valence electrons. The summed E-state index contributed by atoms with van der Waals surface area (Å²) in [7, 11) is 1.20. The monoisotopic (exact) mass is 255 g/mol. The summed E-state index contributed by atoms with van der Waals surface area (Å²) in [5.41, 5.74) is -0.410. The van der Waals surface area contributed by atoms with Gasteiger partial charge in [0.05, 0.1) is 12.7 Å². The molecule has 0 amide bonds. The number of aromatic carboxylic acids is 1. The second kappa shape index (κ2) is 4.44. The Morgan fingerprint density at radius 2 is 2.11 bits per heavy atom. The Bertz CT molecular complexity index is 609. The van der Waals surface area contributed by atoms with Gasteiger partial charge in [-0.25, -0.2) is 13.6 Å². The van der Waals surface area contributed by atoms with E-state index >= 15 is 0 Å². The lowest BCUT2D eigenvalue weighted by Gasteiger charge is -2.06. The fourth-order valence-corrected chi connectivity index (χ4v) is 1.45. The van der Waals surface area contributed by atoms with E-state index in [4.69, 9.17) is 14.4 Å². The lowest BCUT2D eigenvalue weighted by atomic mass is 10.1. The Labute approximate surface area is 99.6 Å². The van der Waals surface area contributed by atoms with Crippen molar-refractivity contribution in [3.05, 3.63) is 35.5 Å². The number of hydrogen-bond acceptors (Lipinski definition) is 4. The highest BCUT2D eigenvalue weighted by molar-refractivity contribution is 5.86. The van der Waals surface area contributed by atoms with Crippen LogP contribution in [0.15, 0.2) is 22.7 Å². The first-order valence-electron chi connectivity index (χ1n) is 4.76. The molecule has 7 heteroatoms. The molecule has 0 unspecified atom stereocenters. The standard InChI is InChI=1S/C11H7F2NO4/c1-17-10-6(2-5(12)3-7(10)13)9-4-8(11(15)16)14-18-9/h2-4H,1H3,(H,15,16). The van der Waals surface area contributed by atoms with Crippen molar-refractivity contribution >= 4 is 5.97 Å². The molecule has 0 atom stereocenters. The Kier molecular flexibility index (Phi) is 2.97. The van der Waals surface area contributed by atoms with Gasteiger partial charge in [-0.2, -0.15) is 0 Å². The van der Waals surface area contributed by atoms with E-state index in [1.807, 2.05) is 0 Å². The topological polar surface area (TPSA) is 72.6 Å². The van der Waals surface area contributed by atoms with Crippen LogP contribution in [-0.2, 0) is 0 Å². The van der Waals surface area contributed by atoms with Gasteiger partial charge in [0.15, 0.2) is 23.0 Å². The van der Waals surface area contributed by atoms with Crippen molar-refractivity contribution < 1.29 is 27.9 Å². The van der Waals surface area contributed by atoms with Gasteiger partial charge in [0.1, 0.15) is 5.82 Å². The van der Waals surface area contributed by atoms with Crippen LogP contribution in [0.2, 0.25) is 0 Å². The third-order valence-electron chi connectivity index (χ3n) is 2.21. The number of halogens is 2. The minimum Gasteiger partial charge on any atom is -0.493 e. The smallest absolute Gasteiger partial charge is 0.358 e. The number of aromatic nitrogens is 1. The number of carbonyl (C=O) groups is 1. The number of nitrogens with zero attached hydrogens (tertiary/aromatic N) is 1. The molecule has 0 spiro atoms. The highest BCUT2D eigenvalue weighted by atomic mass is 19.1. The fraction of sp³-hybridized carbons (Fsp3) is 0.0909. The number of methoxy groups -OCH3 is 1. The number of rotatable bonds is 3. The van der Waals surface area contributed by atoms with Crippen LogP contribution >= 0.6 is 0 Å². The van der Waals surface area contributed by atoms with Crippen LogP contribution < -0.4 is 4.74 Å². The molecule has 0 saturated heterocycles. The van der Waals surface area contributed by atoms with Crippen molar-refractivity contribution in [3.8, 4) is 17.1 Å². The average molecular weight is 255 g/mol. The van der Waals surface area contributed by atoms with Gasteiger partial charge in [-0.15, -0.1) is 0 Å². The predicted molar refractivity (Wildman–Crippen MR) is 55.4 cm³/mol. The Morgan fingerprint density at radius 1 is 1.39 bits per heavy atom. The largest absolute Gasteiger partial charge is 0.493 e. The van der Waals surface area contributed by atoms with Crippen LogP contribution in [-0.4, -0.2) is 23.3 Å². The first-order valence-corrected chi connectivity index (χ1v) is 4.76. The highest BCUT2D eigenvalue weighted by Crippen LogP contribution is 2.33. The lowest BCUT2D eigenvalue weighted by Crippen LogP contribution is -1.95. The zero-order valence-corrected chi connectivity index (χ0v) is 9.11. The summed E-state index contributed by atoms with van der Waals surface area (Å²) >= 11 is 0. The van der Waals surface area contributed by atoms with Gasteiger partial charge in [0, 0.05) is 12.1 Å². The Hall–Kier alpha value is -2.44. The van der Waals surface area contributed by atoms with E-state index in [2.05, 4.69) is 5.16 Å². The van der Waals surface area contributed by atoms with Gasteiger partial charge in [0.25, 0.3) is 0 Å². The maximum atomic E-state index is 13.4. The molecule has 0 aliphatic heterocycles. The minimum atomic E-state index is -1.30. The van der Waals surface area contributed by atoms with Gasteiger partial charge >= 0.3 is 5.97 Å². The molecule has 0 fully saturated rings. The molecule has 1 aromatic heterocycles. The quantitative estimate of drug-likeness (QED) is 0.911. The molecule has 0 saturated carbocycles. The summed E-state index contributed by atoms with van der Waals surface area (Å²) in [5.74, 6) is -3.40. The van der Waals surface area contributed by atoms with Gasteiger partial charge in [0.2, 0.25) is 0 Å². The molecule has 2 rings (SSSR count). The summed E-state index contributed by atoms with van der Waals surface area (Å²) in [6, 6.07) is 2.67. The first kappa shape index (κ1) is 12.0. The third-order valence-corrected chi connectivity index (χ3v) is 2.21. The van der Waals surface area contributed by atoms with E-state index in [1.54, 1.807) is 0 Å². The molecular weight excluding hydrogens is 248 g/mol. The molecular formula is C11H7F2NO4. The zero-order valence-electron chi connectivity index (χ0n) is 9.11. The lowest BCUT2D eigenvalue weighted by molar-refractivity contribution is 0.0686. The van der Waals surface area contributed by atoms with E-state index in [1.165, 1.54) is 7.11 Å². The number of carboxylic acid groups (broad SMARTS) is 1. The molecule has 2 aromatic rings. The second-order valence-corrected chi connectivity index (χ2v) is 3.35. The number of hydrogen-bond donors (Lipinski definition) is 1. The van der Waals surface area contributed by atoms with Crippen molar-refractivity contribution in [2.24, 2.45) is 0 Å². The Morgan fingerprint density at radius 3 is 2.67 bits per heavy atom. The van der Waals surface area contributed by atoms with E-state index in [-0.39, 0.29) is 22.8 Å². The number of ether oxygens (including phenoxy) is 1. The molecule has 0 radical (unpaired) electrons. The zero-order chi connectivity index (χ0) is 13.3. The molecule has 0 aliphatic rings. The van der Waals surface area contributed by atoms with Gasteiger partial charge in [-0.3, -0.25) is 0 Å². The molecule has 1 heterocycles. The SMILES string of the molecule is COc1c(F)cc(F)cc1-c1cc(C(=O)O)no1. The first-order chi connectivity index (χ1) is 8.52. The molecule has 18 heavy (non-hydrogen) atoms. The number of benzene rings is 1. The van der Waals surface area contributed by atoms with Crippen LogP contribution in [0.4, 0.5) is 8.78 Å². The predicted octanol–water partition coefficient (Wildman–Crippen LogP) is 2.33. The normalized spacial score (nSPS) is 10.4. The average Bonchev–Trinajstić information content (AvgIpc) is 2.77. The minimum absolute atomic E-state index is 0.0463. The van der Waals surface area contributed by atoms with Crippen molar-refractivity contribution in [3.63, 3.8) is 0 Å². The van der Waals surface area contributed by atoms with Crippen molar-refractivity contribution in [2.75, 3.05) is 7.11 Å². The van der Waals surface area contributed by atoms with Crippen molar-refractivity contribution in [1.29, 1.82) is 0 Å². The highest BCUT2D eigenvalue weighted by Gasteiger charge is 2.19.